The summed E-state index contributed by atoms with van der Waals surface area (Å²) >= 11 is 1.18. The van der Waals surface area contributed by atoms with E-state index >= 15 is 0 Å². The summed E-state index contributed by atoms with van der Waals surface area (Å²) in [4.78, 5) is 0. The van der Waals surface area contributed by atoms with E-state index in [-0.39, 0.29) is 0 Å². The molecule has 0 saturated carbocycles. The third-order valence-corrected chi connectivity index (χ3v) is 0.816. The molecule has 1 nitrogen and oxygen atoms in total. The van der Waals surface area contributed by atoms with E-state index in [0.29, 0.717) is 0 Å². The van der Waals surface area contributed by atoms with Gasteiger partial charge in [0.05, 0.1) is 0 Å². The molecule has 0 radical (unpaired) electrons. The zero-order valence-corrected chi connectivity index (χ0v) is 5.82. The maximum atomic E-state index is 4.90. The third kappa shape index (κ3) is 4.49. The normalized spacial score (nSPS) is 8.20. The molecule has 0 aliphatic carbocycles. The highest BCUT2D eigenvalue weighted by Crippen LogP contribution is 1.60. The van der Waals surface area contributed by atoms with Crippen molar-refractivity contribution in [2.75, 3.05) is 12.1 Å². The number of hydrogen-bond donors (Lipinski definition) is 0. The Kier molecular flexibility index (Phi) is 4.93. The van der Waals surface area contributed by atoms with Crippen molar-refractivity contribution in [3.05, 3.63) is 0 Å². The maximum Gasteiger partial charge on any atom is 0.253 e. The Balaban J connectivity index is 2.19. The average Bonchev–Trinajstić information content (AvgIpc) is 1.41. The van der Waals surface area contributed by atoms with Gasteiger partial charge in [-0.15, -0.1) is 0 Å². The minimum absolute atomic E-state index is 0.878. The zero-order valence-electron chi connectivity index (χ0n) is 3.82. The average molecular weight is 88.1 g/mol. The fraction of sp³-hybridized carbons (Fsp3) is 1.00. The Labute approximate surface area is 40.7 Å². The summed E-state index contributed by atoms with van der Waals surface area (Å²) in [5, 5.41) is 0. The molecule has 0 saturated heterocycles. The van der Waals surface area contributed by atoms with E-state index in [4.69, 9.17) is 4.74 Å². The van der Waals surface area contributed by atoms with Gasteiger partial charge in [-0.05, 0) is 12.4 Å². The zero-order chi connectivity index (χ0) is 4.12. The van der Waals surface area contributed by atoms with Gasteiger partial charge in [0.2, 0.25) is 0 Å². The summed E-state index contributed by atoms with van der Waals surface area (Å²) in [5.41, 5.74) is 0.983. The summed E-state index contributed by atoms with van der Waals surface area (Å²) in [6.45, 7) is 2.89. The first kappa shape index (κ1) is 5.49. The molecule has 0 aliphatic rings. The fourth-order valence-corrected chi connectivity index (χ4v) is 0.612. The van der Waals surface area contributed by atoms with Crippen molar-refractivity contribution in [1.29, 1.82) is 0 Å². The van der Waals surface area contributed by atoms with Crippen LogP contribution >= 0.6 is 0 Å². The van der Waals surface area contributed by atoms with Gasteiger partial charge in [-0.3, -0.25) is 0 Å². The standard InChI is InChI=1S/C3H7O.Al.2H/c1-3-4-2;;;/h2-3H2,1H3;;;. The van der Waals surface area contributed by atoms with E-state index in [1.165, 1.54) is 16.3 Å². The van der Waals surface area contributed by atoms with E-state index < -0.39 is 0 Å². The van der Waals surface area contributed by atoms with E-state index in [0.717, 1.165) is 12.1 Å². The van der Waals surface area contributed by atoms with E-state index in [2.05, 4.69) is 0 Å². The molecule has 0 N–H and O–H groups in total. The van der Waals surface area contributed by atoms with E-state index in [9.17, 15) is 0 Å². The SMILES string of the molecule is CCO[CH2][AlH2]. The van der Waals surface area contributed by atoms with Crippen LogP contribution in [0.5, 0.6) is 0 Å². The van der Waals surface area contributed by atoms with E-state index in [1.807, 2.05) is 6.92 Å². The molecule has 0 aromatic rings. The minimum atomic E-state index is 0.878. The van der Waals surface area contributed by atoms with Crippen LogP contribution < -0.4 is 0 Å². The highest BCUT2D eigenvalue weighted by Gasteiger charge is 1.65. The fourth-order valence-electron chi connectivity index (χ4n) is 0.204. The first-order chi connectivity index (χ1) is 2.41. The lowest BCUT2D eigenvalue weighted by atomic mass is 10.9. The molecule has 0 bridgehead atoms. The molecule has 0 aromatic carbocycles. The van der Waals surface area contributed by atoms with Crippen molar-refractivity contribution in [1.82, 2.24) is 0 Å². The predicted molar refractivity (Wildman–Crippen MR) is 25.0 cm³/mol. The van der Waals surface area contributed by atoms with Crippen molar-refractivity contribution in [3.63, 3.8) is 0 Å². The van der Waals surface area contributed by atoms with Crippen LogP contribution in [-0.2, 0) is 4.74 Å². The largest absolute Gasteiger partial charge is 0.397 e. The van der Waals surface area contributed by atoms with Crippen LogP contribution in [0.4, 0.5) is 0 Å². The van der Waals surface area contributed by atoms with Crippen molar-refractivity contribution in [2.45, 2.75) is 6.92 Å². The Hall–Kier alpha value is 0.492. The third-order valence-electron chi connectivity index (χ3n) is 0.408. The van der Waals surface area contributed by atoms with Crippen LogP contribution in [0.15, 0.2) is 0 Å². The van der Waals surface area contributed by atoms with Gasteiger partial charge in [0.1, 0.15) is 0 Å². The molecule has 0 aromatic heterocycles. The molecular formula is C3H9AlO. The minimum Gasteiger partial charge on any atom is -0.397 e. The van der Waals surface area contributed by atoms with Crippen molar-refractivity contribution in [2.24, 2.45) is 0 Å². The first-order valence-electron chi connectivity index (χ1n) is 1.99. The van der Waals surface area contributed by atoms with Crippen molar-refractivity contribution < 1.29 is 4.74 Å². The van der Waals surface area contributed by atoms with Crippen LogP contribution in [0.3, 0.4) is 0 Å². The summed E-state index contributed by atoms with van der Waals surface area (Å²) in [6, 6.07) is 0. The van der Waals surface area contributed by atoms with Gasteiger partial charge in [0.25, 0.3) is 16.3 Å². The van der Waals surface area contributed by atoms with Gasteiger partial charge in [0, 0.05) is 6.61 Å². The molecule has 0 atom stereocenters. The molecule has 5 heavy (non-hydrogen) atoms. The lowest BCUT2D eigenvalue weighted by molar-refractivity contribution is 0.195. The van der Waals surface area contributed by atoms with Crippen molar-refractivity contribution >= 4 is 16.3 Å². The molecule has 0 fully saturated rings. The molecule has 0 unspecified atom stereocenters. The number of hydrogen-bond acceptors (Lipinski definition) is 1. The van der Waals surface area contributed by atoms with Crippen LogP contribution in [0, 0.1) is 0 Å². The highest BCUT2D eigenvalue weighted by atomic mass is 27.0. The van der Waals surface area contributed by atoms with Crippen LogP contribution in [-0.4, -0.2) is 28.4 Å². The number of rotatable bonds is 2. The predicted octanol–water partition coefficient (Wildman–Crippen LogP) is -0.386. The van der Waals surface area contributed by atoms with Gasteiger partial charge in [0.15, 0.2) is 0 Å². The molecule has 0 amide bonds. The Morgan fingerprint density at radius 1 is 1.80 bits per heavy atom. The van der Waals surface area contributed by atoms with Gasteiger partial charge in [-0.25, -0.2) is 0 Å². The summed E-state index contributed by atoms with van der Waals surface area (Å²) in [5.74, 6) is 0. The van der Waals surface area contributed by atoms with Gasteiger partial charge < -0.3 is 4.74 Å². The van der Waals surface area contributed by atoms with Crippen molar-refractivity contribution in [3.8, 4) is 0 Å². The summed E-state index contributed by atoms with van der Waals surface area (Å²) in [6.07, 6.45) is 0. The van der Waals surface area contributed by atoms with Crippen LogP contribution in [0.2, 0.25) is 0 Å². The summed E-state index contributed by atoms with van der Waals surface area (Å²) in [7, 11) is 0. The van der Waals surface area contributed by atoms with Gasteiger partial charge >= 0.3 is 0 Å². The van der Waals surface area contributed by atoms with Gasteiger partial charge in [-0.2, -0.15) is 0 Å². The molecule has 2 heteroatoms. The topological polar surface area (TPSA) is 9.23 Å². The maximum absolute atomic E-state index is 4.90. The Bertz CT molecular complexity index is 14.4. The molecule has 30 valence electrons. The Morgan fingerprint density at radius 2 is 2.40 bits per heavy atom. The lowest BCUT2D eigenvalue weighted by Crippen LogP contribution is -1.89. The smallest absolute Gasteiger partial charge is 0.253 e. The van der Waals surface area contributed by atoms with Crippen LogP contribution in [0.1, 0.15) is 6.92 Å². The first-order valence-corrected chi connectivity index (χ1v) is 3.41. The Morgan fingerprint density at radius 3 is 2.40 bits per heavy atom. The molecule has 0 spiro atoms. The second-order valence-corrected chi connectivity index (χ2v) is 1.36. The second-order valence-electron chi connectivity index (χ2n) is 0.781. The number of ether oxygens (including phenoxy) is 1. The molecule has 0 aliphatic heterocycles. The molecule has 0 heterocycles. The quantitative estimate of drug-likeness (QED) is 0.418. The highest BCUT2D eigenvalue weighted by molar-refractivity contribution is 6.08. The lowest BCUT2D eigenvalue weighted by Gasteiger charge is -1.86. The molecular weight excluding hydrogens is 79.0 g/mol. The van der Waals surface area contributed by atoms with E-state index in [1.54, 1.807) is 0 Å². The van der Waals surface area contributed by atoms with Crippen LogP contribution in [0.25, 0.3) is 0 Å². The van der Waals surface area contributed by atoms with Gasteiger partial charge in [-0.1, -0.05) is 0 Å². The second kappa shape index (κ2) is 4.49. The summed E-state index contributed by atoms with van der Waals surface area (Å²) < 4.78 is 4.90. The molecule has 0 rings (SSSR count). The monoisotopic (exact) mass is 88.0 g/mol.